The summed E-state index contributed by atoms with van der Waals surface area (Å²) in [7, 11) is 0. The molecule has 0 fully saturated rings. The van der Waals surface area contributed by atoms with Crippen molar-refractivity contribution in [3.63, 3.8) is 0 Å². The fourth-order valence-corrected chi connectivity index (χ4v) is 2.70. The van der Waals surface area contributed by atoms with Crippen LogP contribution in [-0.4, -0.2) is 4.98 Å². The lowest BCUT2D eigenvalue weighted by atomic mass is 10.0. The molecular formula is C15H10Cl2N2O. The number of benzene rings is 2. The maximum atomic E-state index is 11.3. The van der Waals surface area contributed by atoms with Gasteiger partial charge in [-0.05, 0) is 24.3 Å². The summed E-state index contributed by atoms with van der Waals surface area (Å²) in [6.45, 7) is 0. The van der Waals surface area contributed by atoms with Crippen molar-refractivity contribution < 1.29 is 0 Å². The molecule has 0 aliphatic heterocycles. The van der Waals surface area contributed by atoms with E-state index in [0.29, 0.717) is 21.2 Å². The van der Waals surface area contributed by atoms with Crippen molar-refractivity contribution in [3.05, 3.63) is 62.9 Å². The van der Waals surface area contributed by atoms with Crippen LogP contribution in [0.4, 0.5) is 5.69 Å². The van der Waals surface area contributed by atoms with Gasteiger partial charge in [-0.15, -0.1) is 0 Å². The summed E-state index contributed by atoms with van der Waals surface area (Å²) in [5, 5.41) is 1.90. The van der Waals surface area contributed by atoms with Gasteiger partial charge in [-0.25, -0.2) is 0 Å². The molecule has 0 bridgehead atoms. The van der Waals surface area contributed by atoms with E-state index in [9.17, 15) is 4.79 Å². The molecular weight excluding hydrogens is 295 g/mol. The first-order valence-electron chi connectivity index (χ1n) is 5.93. The normalized spacial score (nSPS) is 10.9. The van der Waals surface area contributed by atoms with E-state index in [1.807, 2.05) is 18.2 Å². The predicted octanol–water partition coefficient (Wildman–Crippen LogP) is 4.08. The van der Waals surface area contributed by atoms with Gasteiger partial charge in [0.1, 0.15) is 0 Å². The Morgan fingerprint density at radius 1 is 0.950 bits per heavy atom. The summed E-state index contributed by atoms with van der Waals surface area (Å²) >= 11 is 12.3. The number of aromatic amines is 1. The topological polar surface area (TPSA) is 58.9 Å². The first-order chi connectivity index (χ1) is 9.56. The van der Waals surface area contributed by atoms with Gasteiger partial charge in [0.15, 0.2) is 0 Å². The van der Waals surface area contributed by atoms with Gasteiger partial charge in [0, 0.05) is 38.8 Å². The Kier molecular flexibility index (Phi) is 3.16. The number of nitrogens with two attached hydrogens (primary N) is 1. The van der Waals surface area contributed by atoms with Crippen molar-refractivity contribution >= 4 is 39.8 Å². The first-order valence-corrected chi connectivity index (χ1v) is 6.69. The highest BCUT2D eigenvalue weighted by Crippen LogP contribution is 2.36. The van der Waals surface area contributed by atoms with Crippen LogP contribution in [0.5, 0.6) is 0 Å². The van der Waals surface area contributed by atoms with Crippen LogP contribution in [0.1, 0.15) is 0 Å². The molecule has 3 N–H and O–H groups in total. The Bertz CT molecular complexity index is 871. The summed E-state index contributed by atoms with van der Waals surface area (Å²) < 4.78 is 0. The molecule has 3 nitrogen and oxygen atoms in total. The number of pyridine rings is 1. The van der Waals surface area contributed by atoms with Gasteiger partial charge in [0.2, 0.25) is 5.56 Å². The van der Waals surface area contributed by atoms with E-state index in [1.54, 1.807) is 18.2 Å². The van der Waals surface area contributed by atoms with Crippen LogP contribution in [0.3, 0.4) is 0 Å². The van der Waals surface area contributed by atoms with Crippen molar-refractivity contribution in [1.82, 2.24) is 4.98 Å². The van der Waals surface area contributed by atoms with Gasteiger partial charge < -0.3 is 10.7 Å². The fraction of sp³-hybridized carbons (Fsp3) is 0. The molecule has 3 aromatic rings. The number of hydrogen-bond donors (Lipinski definition) is 2. The molecule has 5 heteroatoms. The number of fused-ring (bicyclic) bond motifs is 1. The number of anilines is 1. The van der Waals surface area contributed by atoms with Crippen LogP contribution in [0.15, 0.2) is 47.3 Å². The number of hydrogen-bond acceptors (Lipinski definition) is 2. The third-order valence-corrected chi connectivity index (χ3v) is 3.79. The van der Waals surface area contributed by atoms with Crippen molar-refractivity contribution in [2.75, 3.05) is 5.73 Å². The molecule has 0 saturated heterocycles. The lowest BCUT2D eigenvalue weighted by Crippen LogP contribution is -2.02. The second kappa shape index (κ2) is 4.85. The second-order valence-corrected chi connectivity index (χ2v) is 5.26. The summed E-state index contributed by atoms with van der Waals surface area (Å²) in [6.07, 6.45) is 0. The molecule has 1 heterocycles. The number of nitrogens with one attached hydrogen (secondary N) is 1. The zero-order valence-corrected chi connectivity index (χ0v) is 11.8. The van der Waals surface area contributed by atoms with Gasteiger partial charge in [-0.1, -0.05) is 35.3 Å². The number of nitrogen functional groups attached to an aromatic ring is 1. The molecule has 0 atom stereocenters. The van der Waals surface area contributed by atoms with Gasteiger partial charge >= 0.3 is 0 Å². The molecule has 0 unspecified atom stereocenters. The van der Waals surface area contributed by atoms with Crippen LogP contribution >= 0.6 is 23.2 Å². The quantitative estimate of drug-likeness (QED) is 0.665. The molecule has 0 radical (unpaired) electrons. The third kappa shape index (κ3) is 2.15. The Labute approximate surface area is 124 Å². The minimum atomic E-state index is -0.160. The van der Waals surface area contributed by atoms with Crippen LogP contribution in [-0.2, 0) is 0 Å². The molecule has 20 heavy (non-hydrogen) atoms. The second-order valence-electron chi connectivity index (χ2n) is 4.44. The number of halogens is 2. The lowest BCUT2D eigenvalue weighted by molar-refractivity contribution is 1.31. The van der Waals surface area contributed by atoms with Gasteiger partial charge in [0.05, 0.1) is 5.02 Å². The Hall–Kier alpha value is -1.97. The van der Waals surface area contributed by atoms with E-state index in [0.717, 1.165) is 16.5 Å². The van der Waals surface area contributed by atoms with E-state index in [2.05, 4.69) is 4.98 Å². The average molecular weight is 305 g/mol. The van der Waals surface area contributed by atoms with Crippen LogP contribution in [0, 0.1) is 0 Å². The minimum absolute atomic E-state index is 0.160. The standard InChI is InChI=1S/C15H10Cl2N2O/c16-8-1-2-9(12(18)7-8)10-3-5-13-11(15(10)17)4-6-14(20)19-13/h1-7H,18H2,(H,19,20). The van der Waals surface area contributed by atoms with E-state index in [-0.39, 0.29) is 5.56 Å². The van der Waals surface area contributed by atoms with Crippen LogP contribution in [0.25, 0.3) is 22.0 Å². The Morgan fingerprint density at radius 2 is 1.70 bits per heavy atom. The molecule has 0 spiro atoms. The third-order valence-electron chi connectivity index (χ3n) is 3.14. The maximum Gasteiger partial charge on any atom is 0.248 e. The SMILES string of the molecule is Nc1cc(Cl)ccc1-c1ccc2[nH]c(=O)ccc2c1Cl. The molecule has 100 valence electrons. The van der Waals surface area contributed by atoms with E-state index in [1.165, 1.54) is 6.07 Å². The zero-order valence-electron chi connectivity index (χ0n) is 10.3. The van der Waals surface area contributed by atoms with E-state index < -0.39 is 0 Å². The largest absolute Gasteiger partial charge is 0.398 e. The summed E-state index contributed by atoms with van der Waals surface area (Å²) in [6, 6.07) is 12.1. The average Bonchev–Trinajstić information content (AvgIpc) is 2.40. The highest BCUT2D eigenvalue weighted by molar-refractivity contribution is 6.38. The predicted molar refractivity (Wildman–Crippen MR) is 84.4 cm³/mol. The maximum absolute atomic E-state index is 11.3. The smallest absolute Gasteiger partial charge is 0.248 e. The van der Waals surface area contributed by atoms with Gasteiger partial charge in [-0.2, -0.15) is 0 Å². The van der Waals surface area contributed by atoms with Crippen molar-refractivity contribution in [2.45, 2.75) is 0 Å². The Morgan fingerprint density at radius 3 is 2.45 bits per heavy atom. The van der Waals surface area contributed by atoms with E-state index in [4.69, 9.17) is 28.9 Å². The molecule has 1 aromatic heterocycles. The van der Waals surface area contributed by atoms with Crippen LogP contribution < -0.4 is 11.3 Å². The van der Waals surface area contributed by atoms with Crippen LogP contribution in [0.2, 0.25) is 10.0 Å². The monoisotopic (exact) mass is 304 g/mol. The molecule has 2 aromatic carbocycles. The number of H-pyrrole nitrogens is 1. The molecule has 0 aliphatic carbocycles. The molecule has 0 aliphatic rings. The molecule has 0 amide bonds. The Balaban J connectivity index is 2.29. The van der Waals surface area contributed by atoms with E-state index >= 15 is 0 Å². The van der Waals surface area contributed by atoms with Crippen molar-refractivity contribution in [1.29, 1.82) is 0 Å². The lowest BCUT2D eigenvalue weighted by Gasteiger charge is -2.10. The summed E-state index contributed by atoms with van der Waals surface area (Å²) in [5.74, 6) is 0. The van der Waals surface area contributed by atoms with Gasteiger partial charge in [0.25, 0.3) is 0 Å². The van der Waals surface area contributed by atoms with Gasteiger partial charge in [-0.3, -0.25) is 4.79 Å². The summed E-state index contributed by atoms with van der Waals surface area (Å²) in [5.41, 5.74) is 8.70. The first kappa shape index (κ1) is 13.0. The molecule has 3 rings (SSSR count). The zero-order chi connectivity index (χ0) is 14.3. The molecule has 0 saturated carbocycles. The number of aromatic nitrogens is 1. The summed E-state index contributed by atoms with van der Waals surface area (Å²) in [4.78, 5) is 14.0. The minimum Gasteiger partial charge on any atom is -0.398 e. The van der Waals surface area contributed by atoms with Crippen molar-refractivity contribution in [2.24, 2.45) is 0 Å². The highest BCUT2D eigenvalue weighted by Gasteiger charge is 2.11. The number of rotatable bonds is 1. The van der Waals surface area contributed by atoms with Crippen molar-refractivity contribution in [3.8, 4) is 11.1 Å². The highest BCUT2D eigenvalue weighted by atomic mass is 35.5. The fourth-order valence-electron chi connectivity index (χ4n) is 2.19.